The Bertz CT molecular complexity index is 863. The molecular weight excluding hydrogens is 364 g/mol. The van der Waals surface area contributed by atoms with Gasteiger partial charge in [-0.3, -0.25) is 4.18 Å². The molecule has 0 bridgehead atoms. The summed E-state index contributed by atoms with van der Waals surface area (Å²) >= 11 is 6.27. The quantitative estimate of drug-likeness (QED) is 0.714. The van der Waals surface area contributed by atoms with E-state index >= 15 is 0 Å². The van der Waals surface area contributed by atoms with Crippen molar-refractivity contribution in [3.63, 3.8) is 0 Å². The van der Waals surface area contributed by atoms with Gasteiger partial charge >= 0.3 is 0 Å². The fourth-order valence-electron chi connectivity index (χ4n) is 2.47. The van der Waals surface area contributed by atoms with Crippen molar-refractivity contribution in [2.45, 2.75) is 30.8 Å². The predicted molar refractivity (Wildman–Crippen MR) is 93.9 cm³/mol. The Labute approximate surface area is 152 Å². The van der Waals surface area contributed by atoms with E-state index in [-0.39, 0.29) is 10.7 Å². The van der Waals surface area contributed by atoms with Crippen LogP contribution in [0.1, 0.15) is 18.4 Å². The summed E-state index contributed by atoms with van der Waals surface area (Å²) in [6.07, 6.45) is 7.93. The fourth-order valence-corrected chi connectivity index (χ4v) is 3.80. The lowest BCUT2D eigenvalue weighted by Crippen LogP contribution is -2.26. The molecule has 1 heterocycles. The monoisotopic (exact) mass is 380 g/mol. The Kier molecular flexibility index (Phi) is 5.32. The van der Waals surface area contributed by atoms with E-state index in [1.54, 1.807) is 18.2 Å². The first-order valence-corrected chi connectivity index (χ1v) is 9.48. The first kappa shape index (κ1) is 17.8. The van der Waals surface area contributed by atoms with Gasteiger partial charge in [0.25, 0.3) is 10.1 Å². The summed E-state index contributed by atoms with van der Waals surface area (Å²) in [6.45, 7) is 1.88. The third-order valence-electron chi connectivity index (χ3n) is 3.78. The van der Waals surface area contributed by atoms with Gasteiger partial charge < -0.3 is 9.47 Å². The lowest BCUT2D eigenvalue weighted by molar-refractivity contribution is 0.163. The van der Waals surface area contributed by atoms with Gasteiger partial charge in [0.2, 0.25) is 0 Å². The van der Waals surface area contributed by atoms with E-state index in [4.69, 9.17) is 25.3 Å². The number of allylic oxidation sites excluding steroid dienone is 3. The Morgan fingerprint density at radius 3 is 2.60 bits per heavy atom. The van der Waals surface area contributed by atoms with E-state index in [1.165, 1.54) is 30.9 Å². The predicted octanol–water partition coefficient (Wildman–Crippen LogP) is 4.27. The number of hydrogen-bond donors (Lipinski definition) is 0. The van der Waals surface area contributed by atoms with Crippen molar-refractivity contribution in [1.29, 1.82) is 0 Å². The number of benzene rings is 1. The molecule has 25 heavy (non-hydrogen) atoms. The number of hydrogen-bond acceptors (Lipinski definition) is 5. The normalized spacial score (nSPS) is 18.4. The lowest BCUT2D eigenvalue weighted by Gasteiger charge is -2.25. The molecule has 1 aliphatic heterocycles. The minimum Gasteiger partial charge on any atom is -0.466 e. The summed E-state index contributed by atoms with van der Waals surface area (Å²) in [4.78, 5) is 0.0686. The van der Waals surface area contributed by atoms with Crippen LogP contribution in [0.5, 0.6) is 0 Å². The van der Waals surface area contributed by atoms with Crippen molar-refractivity contribution in [3.8, 4) is 0 Å². The van der Waals surface area contributed by atoms with Crippen molar-refractivity contribution < 1.29 is 22.1 Å². The Morgan fingerprint density at radius 1 is 1.20 bits per heavy atom. The van der Waals surface area contributed by atoms with E-state index in [0.717, 1.165) is 12.0 Å². The maximum atomic E-state index is 12.7. The maximum Gasteiger partial charge on any atom is 0.297 e. The van der Waals surface area contributed by atoms with E-state index in [9.17, 15) is 8.42 Å². The Hall–Kier alpha value is -2.02. The number of halogens is 1. The van der Waals surface area contributed by atoms with E-state index in [0.29, 0.717) is 17.0 Å². The van der Waals surface area contributed by atoms with E-state index < -0.39 is 16.2 Å². The van der Waals surface area contributed by atoms with Crippen LogP contribution < -0.4 is 0 Å². The Morgan fingerprint density at radius 2 is 1.96 bits per heavy atom. The second-order valence-electron chi connectivity index (χ2n) is 5.60. The molecule has 7 heteroatoms. The SMILES string of the molecule is Cc1ccc(S(=O)(=O)OC(C2=COC=CO2)C2=C(Cl)C=CCC2)cc1. The standard InChI is InChI=1S/C18H17ClO5S/c1-13-6-8-14(9-7-13)25(20,21)24-18(17-12-22-10-11-23-17)15-4-2-3-5-16(15)19/h3,5-12,18H,2,4H2,1H3. The van der Waals surface area contributed by atoms with Crippen molar-refractivity contribution >= 4 is 21.7 Å². The molecule has 1 aromatic rings. The van der Waals surface area contributed by atoms with Gasteiger partial charge in [0, 0.05) is 5.03 Å². The van der Waals surface area contributed by atoms with Crippen LogP contribution in [0.25, 0.3) is 0 Å². The molecule has 0 saturated carbocycles. The molecule has 0 spiro atoms. The molecule has 1 atom stereocenters. The summed E-state index contributed by atoms with van der Waals surface area (Å²) in [7, 11) is -4.02. The highest BCUT2D eigenvalue weighted by Crippen LogP contribution is 2.33. The average molecular weight is 381 g/mol. The molecule has 0 radical (unpaired) electrons. The molecule has 5 nitrogen and oxygen atoms in total. The van der Waals surface area contributed by atoms with Crippen molar-refractivity contribution in [2.24, 2.45) is 0 Å². The first-order chi connectivity index (χ1) is 12.0. The number of aryl methyl sites for hydroxylation is 1. The van der Waals surface area contributed by atoms with Crippen molar-refractivity contribution in [3.05, 3.63) is 77.1 Å². The topological polar surface area (TPSA) is 61.8 Å². The van der Waals surface area contributed by atoms with Crippen LogP contribution in [-0.2, 0) is 23.8 Å². The van der Waals surface area contributed by atoms with Crippen LogP contribution in [-0.4, -0.2) is 14.5 Å². The average Bonchev–Trinajstić information content (AvgIpc) is 2.61. The molecule has 1 unspecified atom stereocenters. The molecule has 3 rings (SSSR count). The second kappa shape index (κ2) is 7.47. The van der Waals surface area contributed by atoms with Gasteiger partial charge in [-0.15, -0.1) is 0 Å². The summed E-state index contributed by atoms with van der Waals surface area (Å²) < 4.78 is 41.4. The number of rotatable bonds is 5. The molecule has 0 saturated heterocycles. The van der Waals surface area contributed by atoms with Crippen LogP contribution in [0.4, 0.5) is 0 Å². The number of ether oxygens (including phenoxy) is 2. The Balaban J connectivity index is 1.96. The van der Waals surface area contributed by atoms with E-state index in [2.05, 4.69) is 0 Å². The molecule has 2 aliphatic rings. The van der Waals surface area contributed by atoms with Crippen LogP contribution in [0.15, 0.2) is 76.5 Å². The van der Waals surface area contributed by atoms with Crippen molar-refractivity contribution in [1.82, 2.24) is 0 Å². The molecule has 1 aliphatic carbocycles. The van der Waals surface area contributed by atoms with Crippen LogP contribution in [0.3, 0.4) is 0 Å². The zero-order valence-electron chi connectivity index (χ0n) is 13.5. The minimum atomic E-state index is -4.02. The van der Waals surface area contributed by atoms with Crippen LogP contribution in [0, 0.1) is 6.92 Å². The van der Waals surface area contributed by atoms with Gasteiger partial charge in [-0.25, -0.2) is 0 Å². The first-order valence-electron chi connectivity index (χ1n) is 7.69. The fraction of sp³-hybridized carbons (Fsp3) is 0.222. The molecule has 0 aromatic heterocycles. The van der Waals surface area contributed by atoms with Gasteiger partial charge in [-0.2, -0.15) is 8.42 Å². The lowest BCUT2D eigenvalue weighted by atomic mass is 9.98. The largest absolute Gasteiger partial charge is 0.466 e. The highest BCUT2D eigenvalue weighted by atomic mass is 35.5. The van der Waals surface area contributed by atoms with Gasteiger partial charge in [-0.05, 0) is 43.5 Å². The third-order valence-corrected chi connectivity index (χ3v) is 5.45. The molecule has 1 aromatic carbocycles. The highest BCUT2D eigenvalue weighted by Gasteiger charge is 2.32. The van der Waals surface area contributed by atoms with Crippen molar-refractivity contribution in [2.75, 3.05) is 0 Å². The molecule has 0 fully saturated rings. The second-order valence-corrected chi connectivity index (χ2v) is 7.58. The molecule has 132 valence electrons. The van der Waals surface area contributed by atoms with Gasteiger partial charge in [0.05, 0.1) is 4.90 Å². The zero-order chi connectivity index (χ0) is 17.9. The summed E-state index contributed by atoms with van der Waals surface area (Å²) in [5.41, 5.74) is 1.58. The zero-order valence-corrected chi connectivity index (χ0v) is 15.1. The highest BCUT2D eigenvalue weighted by molar-refractivity contribution is 7.86. The van der Waals surface area contributed by atoms with E-state index in [1.807, 2.05) is 13.0 Å². The van der Waals surface area contributed by atoms with Crippen LogP contribution in [0.2, 0.25) is 0 Å². The van der Waals surface area contributed by atoms with Gasteiger partial charge in [-0.1, -0.05) is 35.4 Å². The summed E-state index contributed by atoms with van der Waals surface area (Å²) in [5, 5.41) is 0.439. The molecule has 0 N–H and O–H groups in total. The van der Waals surface area contributed by atoms with Gasteiger partial charge in [0.1, 0.15) is 18.8 Å². The summed E-state index contributed by atoms with van der Waals surface area (Å²) in [6, 6.07) is 6.43. The maximum absolute atomic E-state index is 12.7. The summed E-state index contributed by atoms with van der Waals surface area (Å²) in [5.74, 6) is 0.224. The van der Waals surface area contributed by atoms with Crippen LogP contribution >= 0.6 is 11.6 Å². The molecular formula is C18H17ClO5S. The van der Waals surface area contributed by atoms with Gasteiger partial charge in [0.15, 0.2) is 11.9 Å². The smallest absolute Gasteiger partial charge is 0.297 e. The minimum absolute atomic E-state index is 0.0686. The molecule has 0 amide bonds. The third kappa shape index (κ3) is 4.15.